The van der Waals surface area contributed by atoms with Crippen molar-refractivity contribution in [3.63, 3.8) is 0 Å². The number of phosphoric acid groups is 1. The van der Waals surface area contributed by atoms with E-state index in [2.05, 4.69) is 55.6 Å². The standard InChI is InChI=1S/C81H157N2O6P/c1-6-8-10-12-14-16-18-20-22-24-26-28-30-32-34-35-36-37-38-39-40-41-42-43-44-45-46-47-49-51-53-55-57-59-61-63-65-67-69-71-73-75-81(85)82-79(78-89-90(86,87)88-77-76-83(3,4)5)80(84)74-72-70-68-66-64-62-60-58-56-54-52-50-48-33-31-29-27-25-23-21-19-17-15-13-11-9-7-2/h18,20,24,26,64,66,72,74,79-80,84H,6-17,19,21-23,25,27-63,65,67-71,73,75-78H2,1-5H3,(H-,82,85,86,87)/b20-18-,26-24-,66-64+,74-72+. The molecule has 0 saturated carbocycles. The Hall–Kier alpha value is -1.54. The van der Waals surface area contributed by atoms with Gasteiger partial charge in [-0.3, -0.25) is 9.36 Å². The lowest BCUT2D eigenvalue weighted by atomic mass is 10.0. The van der Waals surface area contributed by atoms with Crippen LogP contribution in [0.1, 0.15) is 412 Å². The van der Waals surface area contributed by atoms with Gasteiger partial charge in [0.1, 0.15) is 13.2 Å². The van der Waals surface area contributed by atoms with Gasteiger partial charge in [-0.2, -0.15) is 0 Å². The number of carbonyl (C=O) groups excluding carboxylic acids is 1. The molecule has 8 nitrogen and oxygen atoms in total. The van der Waals surface area contributed by atoms with E-state index in [0.717, 1.165) is 44.9 Å². The van der Waals surface area contributed by atoms with Crippen LogP contribution in [0.3, 0.4) is 0 Å². The molecule has 0 aromatic heterocycles. The molecule has 0 aliphatic carbocycles. The molecule has 3 unspecified atom stereocenters. The van der Waals surface area contributed by atoms with Gasteiger partial charge in [0.05, 0.1) is 39.9 Å². The van der Waals surface area contributed by atoms with E-state index >= 15 is 0 Å². The second-order valence-electron chi connectivity index (χ2n) is 28.8. The number of nitrogens with one attached hydrogen (secondary N) is 1. The molecule has 9 heteroatoms. The monoisotopic (exact) mass is 1290 g/mol. The van der Waals surface area contributed by atoms with Crippen molar-refractivity contribution in [1.29, 1.82) is 0 Å². The van der Waals surface area contributed by atoms with Crippen molar-refractivity contribution in [3.8, 4) is 0 Å². The highest BCUT2D eigenvalue weighted by Gasteiger charge is 2.23. The summed E-state index contributed by atoms with van der Waals surface area (Å²) in [6.45, 7) is 4.68. The summed E-state index contributed by atoms with van der Waals surface area (Å²) in [4.78, 5) is 25.7. The summed E-state index contributed by atoms with van der Waals surface area (Å²) in [5, 5.41) is 14.0. The van der Waals surface area contributed by atoms with E-state index in [9.17, 15) is 19.4 Å². The van der Waals surface area contributed by atoms with Crippen LogP contribution >= 0.6 is 7.82 Å². The third-order valence-electron chi connectivity index (χ3n) is 18.5. The van der Waals surface area contributed by atoms with Crippen molar-refractivity contribution >= 4 is 13.7 Å². The number of likely N-dealkylation sites (N-methyl/N-ethyl adjacent to an activating group) is 1. The predicted octanol–water partition coefficient (Wildman–Crippen LogP) is 25.5. The maximum atomic E-state index is 13.1. The van der Waals surface area contributed by atoms with Crippen LogP contribution in [0, 0.1) is 0 Å². The molecule has 532 valence electrons. The molecule has 0 aromatic carbocycles. The zero-order chi connectivity index (χ0) is 65.5. The largest absolute Gasteiger partial charge is 0.756 e. The van der Waals surface area contributed by atoms with Crippen LogP contribution in [-0.2, 0) is 18.4 Å². The molecular formula is C81H157N2O6P. The molecule has 0 rings (SSSR count). The molecule has 0 aliphatic rings. The lowest BCUT2D eigenvalue weighted by Gasteiger charge is -2.29. The number of hydrogen-bond donors (Lipinski definition) is 2. The van der Waals surface area contributed by atoms with Crippen LogP contribution in [0.5, 0.6) is 0 Å². The van der Waals surface area contributed by atoms with Gasteiger partial charge in [-0.25, -0.2) is 0 Å². The van der Waals surface area contributed by atoms with Gasteiger partial charge in [0.25, 0.3) is 7.82 Å². The average molecular weight is 1290 g/mol. The Balaban J connectivity index is 3.93. The van der Waals surface area contributed by atoms with Crippen LogP contribution < -0.4 is 10.2 Å². The smallest absolute Gasteiger partial charge is 0.268 e. The Morgan fingerprint density at radius 3 is 0.967 bits per heavy atom. The van der Waals surface area contributed by atoms with Crippen LogP contribution in [0.25, 0.3) is 0 Å². The summed E-state index contributed by atoms with van der Waals surface area (Å²) in [6.07, 6.45) is 98.6. The summed E-state index contributed by atoms with van der Waals surface area (Å²) in [5.74, 6) is -0.198. The Kier molecular flexibility index (Phi) is 70.5. The highest BCUT2D eigenvalue weighted by molar-refractivity contribution is 7.45. The number of quaternary nitrogens is 1. The van der Waals surface area contributed by atoms with E-state index in [4.69, 9.17) is 9.05 Å². The molecule has 0 radical (unpaired) electrons. The third kappa shape index (κ3) is 73.9. The minimum absolute atomic E-state index is 0.00442. The van der Waals surface area contributed by atoms with E-state index in [-0.39, 0.29) is 19.1 Å². The Morgan fingerprint density at radius 1 is 0.389 bits per heavy atom. The number of nitrogens with zero attached hydrogens (tertiary/aromatic N) is 1. The van der Waals surface area contributed by atoms with E-state index in [0.29, 0.717) is 17.4 Å². The molecule has 0 aromatic rings. The maximum absolute atomic E-state index is 13.1. The van der Waals surface area contributed by atoms with Gasteiger partial charge in [-0.15, -0.1) is 0 Å². The fourth-order valence-corrected chi connectivity index (χ4v) is 13.0. The summed E-state index contributed by atoms with van der Waals surface area (Å²) in [7, 11) is 1.26. The van der Waals surface area contributed by atoms with Crippen molar-refractivity contribution in [1.82, 2.24) is 5.32 Å². The first-order valence-electron chi connectivity index (χ1n) is 40.0. The first-order chi connectivity index (χ1) is 44.0. The van der Waals surface area contributed by atoms with Crippen LogP contribution in [0.2, 0.25) is 0 Å². The first-order valence-corrected chi connectivity index (χ1v) is 41.5. The van der Waals surface area contributed by atoms with Gasteiger partial charge in [0, 0.05) is 6.42 Å². The third-order valence-corrected chi connectivity index (χ3v) is 19.5. The van der Waals surface area contributed by atoms with Gasteiger partial charge >= 0.3 is 0 Å². The SMILES string of the molecule is CCCCCCC/C=C\C/C=C\CCCCCCCCCCCCCCCCCCCCCCCCCCCCCCCC(=O)NC(COP(=O)([O-])OCC[N+](C)(C)C)C(O)/C=C/CC/C=C/CCCCCCCCCCCCCCCCCCCCCCC. The van der Waals surface area contributed by atoms with Gasteiger partial charge in [-0.05, 0) is 64.2 Å². The highest BCUT2D eigenvalue weighted by Crippen LogP contribution is 2.38. The molecule has 2 N–H and O–H groups in total. The Morgan fingerprint density at radius 2 is 0.656 bits per heavy atom. The molecule has 0 aliphatic heterocycles. The van der Waals surface area contributed by atoms with Crippen LogP contribution in [-0.4, -0.2) is 68.5 Å². The van der Waals surface area contributed by atoms with Crippen molar-refractivity contribution in [3.05, 3.63) is 48.6 Å². The fourth-order valence-electron chi connectivity index (χ4n) is 12.3. The van der Waals surface area contributed by atoms with Gasteiger partial charge < -0.3 is 28.8 Å². The minimum Gasteiger partial charge on any atom is -0.756 e. The minimum atomic E-state index is -4.61. The molecular weight excluding hydrogens is 1130 g/mol. The lowest BCUT2D eigenvalue weighted by Crippen LogP contribution is -2.45. The number of aliphatic hydroxyl groups excluding tert-OH is 1. The number of amides is 1. The van der Waals surface area contributed by atoms with Crippen molar-refractivity contribution in [2.24, 2.45) is 0 Å². The van der Waals surface area contributed by atoms with Gasteiger partial charge in [-0.1, -0.05) is 390 Å². The molecule has 1 amide bonds. The Bertz CT molecular complexity index is 1610. The van der Waals surface area contributed by atoms with E-state index < -0.39 is 20.0 Å². The highest BCUT2D eigenvalue weighted by atomic mass is 31.2. The predicted molar refractivity (Wildman–Crippen MR) is 395 cm³/mol. The topological polar surface area (TPSA) is 108 Å². The first kappa shape index (κ1) is 88.5. The van der Waals surface area contributed by atoms with Crippen LogP contribution in [0.4, 0.5) is 0 Å². The number of unbranched alkanes of at least 4 members (excludes halogenated alkanes) is 56. The van der Waals surface area contributed by atoms with Crippen LogP contribution in [0.15, 0.2) is 48.6 Å². The zero-order valence-electron chi connectivity index (χ0n) is 61.1. The number of aliphatic hydroxyl groups is 1. The summed E-state index contributed by atoms with van der Waals surface area (Å²) < 4.78 is 23.5. The van der Waals surface area contributed by atoms with Gasteiger partial charge in [0.15, 0.2) is 0 Å². The summed E-state index contributed by atoms with van der Waals surface area (Å²) in [6, 6.07) is -0.904. The number of phosphoric ester groups is 1. The molecule has 0 saturated heterocycles. The number of hydrogen-bond acceptors (Lipinski definition) is 6. The normalized spacial score (nSPS) is 13.7. The Labute approximate surface area is 562 Å². The van der Waals surface area contributed by atoms with Crippen molar-refractivity contribution in [2.45, 2.75) is 424 Å². The summed E-state index contributed by atoms with van der Waals surface area (Å²) >= 11 is 0. The van der Waals surface area contributed by atoms with Crippen molar-refractivity contribution in [2.75, 3.05) is 40.9 Å². The molecule has 0 spiro atoms. The molecule has 90 heavy (non-hydrogen) atoms. The molecule has 3 atom stereocenters. The van der Waals surface area contributed by atoms with E-state index in [1.165, 1.54) is 347 Å². The molecule has 0 bridgehead atoms. The fraction of sp³-hybridized carbons (Fsp3) is 0.889. The summed E-state index contributed by atoms with van der Waals surface area (Å²) in [5.41, 5.74) is 0. The number of rotatable bonds is 75. The number of carbonyl (C=O) groups is 1. The average Bonchev–Trinajstić information content (AvgIpc) is 3.09. The van der Waals surface area contributed by atoms with Gasteiger partial charge in [0.2, 0.25) is 5.91 Å². The molecule has 0 heterocycles. The van der Waals surface area contributed by atoms with E-state index in [1.54, 1.807) is 6.08 Å². The number of allylic oxidation sites excluding steroid dienone is 7. The second kappa shape index (κ2) is 71.7. The zero-order valence-corrected chi connectivity index (χ0v) is 62.0. The maximum Gasteiger partial charge on any atom is 0.268 e. The lowest BCUT2D eigenvalue weighted by molar-refractivity contribution is -0.870. The van der Waals surface area contributed by atoms with Crippen molar-refractivity contribution < 1.29 is 32.9 Å². The van der Waals surface area contributed by atoms with E-state index in [1.807, 2.05) is 27.2 Å². The molecule has 0 fully saturated rings. The quantitative estimate of drug-likeness (QED) is 0.0272. The second-order valence-corrected chi connectivity index (χ2v) is 30.2.